The molecule has 0 heterocycles. The first kappa shape index (κ1) is 27.0. The van der Waals surface area contributed by atoms with Crippen molar-refractivity contribution in [1.29, 1.82) is 0 Å². The van der Waals surface area contributed by atoms with E-state index in [-0.39, 0.29) is 34.0 Å². The van der Waals surface area contributed by atoms with Gasteiger partial charge in [-0.1, -0.05) is 6.42 Å². The Bertz CT molecular complexity index is 813. The number of allylic oxidation sites excluding steroid dienone is 8. The molecule has 0 bridgehead atoms. The van der Waals surface area contributed by atoms with Gasteiger partial charge in [0.25, 0.3) is 0 Å². The predicted octanol–water partition coefficient (Wildman–Crippen LogP) is 0.603. The summed E-state index contributed by atoms with van der Waals surface area (Å²) >= 11 is 1.46. The van der Waals surface area contributed by atoms with Gasteiger partial charge in [0, 0.05) is 0 Å². The topological polar surface area (TPSA) is 0 Å². The minimum atomic E-state index is 0. The molecule has 3 aliphatic rings. The van der Waals surface area contributed by atoms with Gasteiger partial charge in [0.15, 0.2) is 0 Å². The molecule has 0 radical (unpaired) electrons. The number of hydrogen-bond donors (Lipinski definition) is 0. The summed E-state index contributed by atoms with van der Waals surface area (Å²) in [5, 5.41) is 0. The maximum atomic E-state index is 2.99. The fourth-order valence-electron chi connectivity index (χ4n) is 3.38. The molecular weight excluding hydrogens is 575 g/mol. The van der Waals surface area contributed by atoms with Gasteiger partial charge in [0.05, 0.1) is 0 Å². The van der Waals surface area contributed by atoms with Crippen molar-refractivity contribution in [3.8, 4) is 0 Å². The Morgan fingerprint density at radius 2 is 1.50 bits per heavy atom. The van der Waals surface area contributed by atoms with Gasteiger partial charge in [-0.15, -0.1) is 25.0 Å². The van der Waals surface area contributed by atoms with Crippen molar-refractivity contribution in [3.05, 3.63) is 126 Å². The molecule has 5 rings (SSSR count). The van der Waals surface area contributed by atoms with Crippen molar-refractivity contribution in [2.45, 2.75) is 25.7 Å². The van der Waals surface area contributed by atoms with Crippen molar-refractivity contribution in [2.24, 2.45) is 5.92 Å². The van der Waals surface area contributed by atoms with Gasteiger partial charge in [-0.25, -0.2) is 30.2 Å². The summed E-state index contributed by atoms with van der Waals surface area (Å²) in [5.41, 5.74) is 4.24. The molecule has 154 valence electrons. The van der Waals surface area contributed by atoms with E-state index in [1.807, 2.05) is 12.2 Å². The molecule has 2 aromatic rings. The Kier molecular flexibility index (Phi) is 14.2. The molecule has 30 heavy (non-hydrogen) atoms. The fraction of sp³-hybridized carbons (Fsp3) is 0.185. The van der Waals surface area contributed by atoms with E-state index in [1.165, 1.54) is 57.8 Å². The molecule has 0 aromatic heterocycles. The van der Waals surface area contributed by atoms with Crippen LogP contribution in [0.25, 0.3) is 0 Å². The van der Waals surface area contributed by atoms with E-state index in [9.17, 15) is 0 Å². The van der Waals surface area contributed by atoms with Gasteiger partial charge in [0.2, 0.25) is 0 Å². The van der Waals surface area contributed by atoms with E-state index in [4.69, 9.17) is 0 Å². The molecule has 3 heteroatoms. The molecule has 0 nitrogen and oxygen atoms in total. The van der Waals surface area contributed by atoms with Crippen LogP contribution in [0.15, 0.2) is 103 Å². The average Bonchev–Trinajstić information content (AvgIpc) is 3.50. The van der Waals surface area contributed by atoms with Crippen LogP contribution in [0.4, 0.5) is 0 Å². The Morgan fingerprint density at radius 3 is 1.97 bits per heavy atom. The number of hydrogen-bond acceptors (Lipinski definition) is 0. The summed E-state index contributed by atoms with van der Waals surface area (Å²) in [7, 11) is 0. The minimum absolute atomic E-state index is 0. The van der Waals surface area contributed by atoms with Crippen LogP contribution in [0, 0.1) is 18.4 Å². The third-order valence-electron chi connectivity index (χ3n) is 4.92. The second-order valence-electron chi connectivity index (χ2n) is 6.92. The van der Waals surface area contributed by atoms with Crippen LogP contribution in [0.3, 0.4) is 0 Å². The van der Waals surface area contributed by atoms with Crippen LogP contribution in [-0.2, 0) is 24.2 Å². The molecule has 2 aromatic carbocycles. The van der Waals surface area contributed by atoms with E-state index in [0.29, 0.717) is 0 Å². The van der Waals surface area contributed by atoms with Gasteiger partial charge in [-0.2, -0.15) is 6.08 Å². The zero-order valence-corrected chi connectivity index (χ0v) is 22.6. The molecule has 3 aliphatic carbocycles. The molecular formula is C27H26Br2Zr-2. The number of halogens is 2. The zero-order valence-electron chi connectivity index (χ0n) is 17.0. The van der Waals surface area contributed by atoms with E-state index >= 15 is 0 Å². The molecule has 0 N–H and O–H groups in total. The molecule has 0 spiro atoms. The van der Waals surface area contributed by atoms with Crippen molar-refractivity contribution < 1.29 is 58.2 Å². The van der Waals surface area contributed by atoms with Crippen LogP contribution in [0.2, 0.25) is 0 Å². The summed E-state index contributed by atoms with van der Waals surface area (Å²) in [5.74, 6) is 0.884. The molecule has 0 amide bonds. The number of rotatable bonds is 2. The Morgan fingerprint density at radius 1 is 0.867 bits per heavy atom. The van der Waals surface area contributed by atoms with Crippen molar-refractivity contribution >= 4 is 3.21 Å². The van der Waals surface area contributed by atoms with Crippen molar-refractivity contribution in [2.75, 3.05) is 0 Å². The van der Waals surface area contributed by atoms with E-state index in [0.717, 1.165) is 12.3 Å². The number of fused-ring (bicyclic) bond motifs is 1. The third kappa shape index (κ3) is 9.00. The second kappa shape index (κ2) is 15.7. The molecule has 1 saturated carbocycles. The SMILES string of the molecule is C1=CCC2CC[CH-]C2=C1.[Br-].[Br-].[C-]1=CC=CC1.[Zr+2]=[C](c1ccccc1)c1ccccc1. The van der Waals surface area contributed by atoms with E-state index in [1.54, 1.807) is 5.57 Å². The van der Waals surface area contributed by atoms with Crippen LogP contribution in [0.1, 0.15) is 36.8 Å². The van der Waals surface area contributed by atoms with Crippen LogP contribution < -0.4 is 34.0 Å². The zero-order chi connectivity index (χ0) is 19.4. The normalized spacial score (nSPS) is 16.9. The molecule has 1 fully saturated rings. The maximum absolute atomic E-state index is 2.99. The molecule has 0 aliphatic heterocycles. The quantitative estimate of drug-likeness (QED) is 0.443. The summed E-state index contributed by atoms with van der Waals surface area (Å²) < 4.78 is 1.42. The van der Waals surface area contributed by atoms with Crippen LogP contribution >= 0.6 is 0 Å². The van der Waals surface area contributed by atoms with Gasteiger partial charge >= 0.3 is 99.2 Å². The standard InChI is InChI=1S/C13H10.C9H11.C5H5.2BrH.Zr/c1-3-7-12(8-4-1)11-13-9-5-2-6-10-13;1-2-5-9-7-3-6-8(9)4-1;1-2-4-5-3-1;;;/h1-10H;1-2,4,6,9H,3,5,7H2;1-3H,4H2;2*1H;/q;2*-1;;;+2/p-2. The summed E-state index contributed by atoms with van der Waals surface area (Å²) in [6.45, 7) is 0. The third-order valence-corrected chi connectivity index (χ3v) is 6.34. The first-order chi connectivity index (χ1) is 13.8. The van der Waals surface area contributed by atoms with E-state index in [2.05, 4.69) is 97.5 Å². The number of benzene rings is 2. The Balaban J connectivity index is 0.000000242. The Hall–Kier alpha value is -1.02. The molecule has 1 unspecified atom stereocenters. The van der Waals surface area contributed by atoms with Crippen molar-refractivity contribution in [3.63, 3.8) is 0 Å². The van der Waals surface area contributed by atoms with Gasteiger partial charge in [-0.05, 0) is 12.3 Å². The Labute approximate surface area is 217 Å². The van der Waals surface area contributed by atoms with Gasteiger partial charge < -0.3 is 34.0 Å². The monoisotopic (exact) mass is 598 g/mol. The molecule has 1 atom stereocenters. The van der Waals surface area contributed by atoms with Crippen molar-refractivity contribution in [1.82, 2.24) is 0 Å². The molecule has 0 saturated heterocycles. The predicted molar refractivity (Wildman–Crippen MR) is 117 cm³/mol. The summed E-state index contributed by atoms with van der Waals surface area (Å²) in [6.07, 6.45) is 23.0. The summed E-state index contributed by atoms with van der Waals surface area (Å²) in [6, 6.07) is 21.1. The van der Waals surface area contributed by atoms with E-state index < -0.39 is 0 Å². The second-order valence-corrected chi connectivity index (χ2v) is 8.15. The van der Waals surface area contributed by atoms with Crippen LogP contribution in [-0.4, -0.2) is 3.21 Å². The first-order valence-corrected chi connectivity index (χ1v) is 11.2. The average molecular weight is 602 g/mol. The fourth-order valence-corrected chi connectivity index (χ4v) is 4.20. The van der Waals surface area contributed by atoms with Crippen LogP contribution in [0.5, 0.6) is 0 Å². The van der Waals surface area contributed by atoms with Gasteiger partial charge in [-0.3, -0.25) is 6.08 Å². The first-order valence-electron chi connectivity index (χ1n) is 9.95. The van der Waals surface area contributed by atoms with Gasteiger partial charge in [0.1, 0.15) is 0 Å². The summed E-state index contributed by atoms with van der Waals surface area (Å²) in [4.78, 5) is 0.